The second-order valence-corrected chi connectivity index (χ2v) is 13.3. The molecule has 238 valence electrons. The Labute approximate surface area is 293 Å². The summed E-state index contributed by atoms with van der Waals surface area (Å²) in [5, 5.41) is 11.8. The van der Waals surface area contributed by atoms with Gasteiger partial charge in [0.1, 0.15) is 11.2 Å². The van der Waals surface area contributed by atoms with Crippen molar-refractivity contribution in [1.29, 1.82) is 0 Å². The minimum absolute atomic E-state index is 0.871. The molecule has 2 heterocycles. The average molecular weight is 651 g/mol. The highest BCUT2D eigenvalue weighted by atomic mass is 16.3. The molecule has 51 heavy (non-hydrogen) atoms. The summed E-state index contributed by atoms with van der Waals surface area (Å²) < 4.78 is 9.17. The first-order valence-corrected chi connectivity index (χ1v) is 17.4. The first-order valence-electron chi connectivity index (χ1n) is 17.4. The Hall–Kier alpha value is -6.84. The van der Waals surface area contributed by atoms with Crippen molar-refractivity contribution >= 4 is 93.1 Å². The van der Waals surface area contributed by atoms with Gasteiger partial charge < -0.3 is 13.9 Å². The maximum absolute atomic E-state index is 6.71. The molecule has 0 aliphatic carbocycles. The lowest BCUT2D eigenvalue weighted by Crippen LogP contribution is -2.10. The summed E-state index contributed by atoms with van der Waals surface area (Å²) >= 11 is 0. The molecular formula is C48H30N2O. The van der Waals surface area contributed by atoms with E-state index in [1.807, 2.05) is 0 Å². The molecule has 0 amide bonds. The lowest BCUT2D eigenvalue weighted by Gasteiger charge is -2.27. The van der Waals surface area contributed by atoms with Gasteiger partial charge in [0.2, 0.25) is 0 Å². The number of rotatable bonds is 4. The molecular weight excluding hydrogens is 621 g/mol. The summed E-state index contributed by atoms with van der Waals surface area (Å²) in [7, 11) is 0. The van der Waals surface area contributed by atoms with Gasteiger partial charge in [0, 0.05) is 32.6 Å². The number of benzene rings is 9. The van der Waals surface area contributed by atoms with E-state index >= 15 is 0 Å². The van der Waals surface area contributed by atoms with E-state index in [1.165, 1.54) is 48.9 Å². The van der Waals surface area contributed by atoms with Crippen LogP contribution < -0.4 is 4.90 Å². The Balaban J connectivity index is 1.29. The molecule has 2 aromatic heterocycles. The van der Waals surface area contributed by atoms with E-state index in [2.05, 4.69) is 191 Å². The summed E-state index contributed by atoms with van der Waals surface area (Å²) in [6, 6.07) is 65.5. The van der Waals surface area contributed by atoms with E-state index in [0.717, 1.165) is 49.9 Å². The molecule has 0 N–H and O–H groups in total. The van der Waals surface area contributed by atoms with E-state index in [9.17, 15) is 0 Å². The summed E-state index contributed by atoms with van der Waals surface area (Å²) in [6.07, 6.45) is 0. The minimum Gasteiger partial charge on any atom is -0.455 e. The topological polar surface area (TPSA) is 21.3 Å². The van der Waals surface area contributed by atoms with Crippen molar-refractivity contribution in [1.82, 2.24) is 4.57 Å². The Kier molecular flexibility index (Phi) is 5.96. The third-order valence-electron chi connectivity index (χ3n) is 10.5. The van der Waals surface area contributed by atoms with Crippen LogP contribution in [0.5, 0.6) is 0 Å². The van der Waals surface area contributed by atoms with Gasteiger partial charge in [-0.05, 0) is 82.2 Å². The van der Waals surface area contributed by atoms with Gasteiger partial charge in [-0.25, -0.2) is 0 Å². The van der Waals surface area contributed by atoms with Crippen LogP contribution in [0.15, 0.2) is 186 Å². The molecule has 11 aromatic rings. The minimum atomic E-state index is 0.871. The SMILES string of the molecule is c1ccc(N(c2cccc3oc4c5ccccc5ccc4c23)c2cccc3c2c2cc4ccccc4cc2n3-c2cccc3ccccc23)cc1. The average Bonchev–Trinajstić information content (AvgIpc) is 3.74. The lowest BCUT2D eigenvalue weighted by molar-refractivity contribution is 0.672. The third kappa shape index (κ3) is 4.12. The molecule has 0 saturated carbocycles. The van der Waals surface area contributed by atoms with E-state index in [-0.39, 0.29) is 0 Å². The summed E-state index contributed by atoms with van der Waals surface area (Å²) in [5.74, 6) is 0. The predicted octanol–water partition coefficient (Wildman–Crippen LogP) is 13.6. The molecule has 0 radical (unpaired) electrons. The number of nitrogens with zero attached hydrogens (tertiary/aromatic N) is 2. The van der Waals surface area contributed by atoms with Crippen molar-refractivity contribution < 1.29 is 4.42 Å². The zero-order chi connectivity index (χ0) is 33.5. The van der Waals surface area contributed by atoms with Crippen molar-refractivity contribution in [2.75, 3.05) is 4.90 Å². The van der Waals surface area contributed by atoms with E-state index in [0.29, 0.717) is 0 Å². The molecule has 0 atom stereocenters. The fourth-order valence-corrected chi connectivity index (χ4v) is 8.29. The third-order valence-corrected chi connectivity index (χ3v) is 10.5. The van der Waals surface area contributed by atoms with E-state index in [1.54, 1.807) is 0 Å². The quantitative estimate of drug-likeness (QED) is 0.189. The van der Waals surface area contributed by atoms with Gasteiger partial charge in [-0.15, -0.1) is 0 Å². The van der Waals surface area contributed by atoms with Crippen LogP contribution in [0.1, 0.15) is 0 Å². The van der Waals surface area contributed by atoms with Gasteiger partial charge in [-0.3, -0.25) is 0 Å². The van der Waals surface area contributed by atoms with Crippen molar-refractivity contribution in [3.05, 3.63) is 182 Å². The van der Waals surface area contributed by atoms with Gasteiger partial charge in [0.25, 0.3) is 0 Å². The van der Waals surface area contributed by atoms with Crippen LogP contribution in [-0.4, -0.2) is 4.57 Å². The number of furan rings is 1. The number of hydrogen-bond donors (Lipinski definition) is 0. The lowest BCUT2D eigenvalue weighted by atomic mass is 10.0. The smallest absolute Gasteiger partial charge is 0.143 e. The van der Waals surface area contributed by atoms with Gasteiger partial charge in [-0.2, -0.15) is 0 Å². The molecule has 3 heteroatoms. The van der Waals surface area contributed by atoms with Crippen LogP contribution in [0.25, 0.3) is 81.7 Å². The number of para-hydroxylation sites is 1. The molecule has 0 saturated heterocycles. The Morgan fingerprint density at radius 1 is 0.392 bits per heavy atom. The Morgan fingerprint density at radius 2 is 1.02 bits per heavy atom. The monoisotopic (exact) mass is 650 g/mol. The second-order valence-electron chi connectivity index (χ2n) is 13.3. The molecule has 0 aliphatic rings. The summed E-state index contributed by atoms with van der Waals surface area (Å²) in [5.41, 5.74) is 8.56. The first kappa shape index (κ1) is 28.0. The summed E-state index contributed by atoms with van der Waals surface area (Å²) in [4.78, 5) is 2.43. The maximum atomic E-state index is 6.71. The maximum Gasteiger partial charge on any atom is 0.143 e. The standard InChI is InChI=1S/C48H30N2O/c1-2-18-35(19-3-1)49(43-25-12-26-45-47(43)38-28-27-32-14-7-9-21-37(32)48(38)51-45)41-23-11-24-42-46(41)39-29-33-15-4-5-16-34(33)30-44(39)50(42)40-22-10-17-31-13-6-8-20-36(31)40/h1-30H. The first-order chi connectivity index (χ1) is 25.3. The molecule has 3 nitrogen and oxygen atoms in total. The predicted molar refractivity (Wildman–Crippen MR) is 215 cm³/mol. The highest BCUT2D eigenvalue weighted by molar-refractivity contribution is 6.23. The van der Waals surface area contributed by atoms with Crippen LogP contribution in [-0.2, 0) is 0 Å². The fourth-order valence-electron chi connectivity index (χ4n) is 8.29. The van der Waals surface area contributed by atoms with E-state index in [4.69, 9.17) is 4.42 Å². The molecule has 11 rings (SSSR count). The van der Waals surface area contributed by atoms with Gasteiger partial charge >= 0.3 is 0 Å². The number of fused-ring (bicyclic) bond motifs is 10. The van der Waals surface area contributed by atoms with Crippen LogP contribution in [0.4, 0.5) is 17.1 Å². The molecule has 0 unspecified atom stereocenters. The highest BCUT2D eigenvalue weighted by Gasteiger charge is 2.25. The molecule has 0 bridgehead atoms. The van der Waals surface area contributed by atoms with Crippen LogP contribution in [0, 0.1) is 0 Å². The van der Waals surface area contributed by atoms with Crippen molar-refractivity contribution in [3.8, 4) is 5.69 Å². The van der Waals surface area contributed by atoms with Crippen LogP contribution in [0.2, 0.25) is 0 Å². The molecule has 0 spiro atoms. The van der Waals surface area contributed by atoms with Crippen molar-refractivity contribution in [2.45, 2.75) is 0 Å². The number of aromatic nitrogens is 1. The number of anilines is 3. The molecule has 0 fully saturated rings. The molecule has 0 aliphatic heterocycles. The largest absolute Gasteiger partial charge is 0.455 e. The van der Waals surface area contributed by atoms with E-state index < -0.39 is 0 Å². The number of hydrogen-bond acceptors (Lipinski definition) is 2. The van der Waals surface area contributed by atoms with Gasteiger partial charge in [0.05, 0.1) is 33.5 Å². The molecule has 9 aromatic carbocycles. The Bertz CT molecular complexity index is 3150. The second kappa shape index (κ2) is 10.8. The highest BCUT2D eigenvalue weighted by Crippen LogP contribution is 2.48. The van der Waals surface area contributed by atoms with Crippen molar-refractivity contribution in [2.24, 2.45) is 0 Å². The van der Waals surface area contributed by atoms with Gasteiger partial charge in [-0.1, -0.05) is 121 Å². The normalized spacial score (nSPS) is 11.9. The van der Waals surface area contributed by atoms with Crippen molar-refractivity contribution in [3.63, 3.8) is 0 Å². The van der Waals surface area contributed by atoms with Crippen LogP contribution >= 0.6 is 0 Å². The van der Waals surface area contributed by atoms with Crippen LogP contribution in [0.3, 0.4) is 0 Å². The zero-order valence-corrected chi connectivity index (χ0v) is 27.6. The fraction of sp³-hybridized carbons (Fsp3) is 0. The zero-order valence-electron chi connectivity index (χ0n) is 27.6. The Morgan fingerprint density at radius 3 is 1.84 bits per heavy atom. The summed E-state index contributed by atoms with van der Waals surface area (Å²) in [6.45, 7) is 0. The van der Waals surface area contributed by atoms with Gasteiger partial charge in [0.15, 0.2) is 0 Å².